The van der Waals surface area contributed by atoms with E-state index in [-0.39, 0.29) is 5.69 Å². The molecule has 0 aliphatic heterocycles. The van der Waals surface area contributed by atoms with Crippen LogP contribution in [0, 0.1) is 4.91 Å². The van der Waals surface area contributed by atoms with Gasteiger partial charge >= 0.3 is 5.97 Å². The Labute approximate surface area is 88.2 Å². The van der Waals surface area contributed by atoms with E-state index in [0.717, 1.165) is 12.8 Å². The lowest BCUT2D eigenvalue weighted by atomic mass is 10.2. The van der Waals surface area contributed by atoms with Crippen molar-refractivity contribution in [2.75, 3.05) is 6.61 Å². The van der Waals surface area contributed by atoms with Gasteiger partial charge < -0.3 is 4.74 Å². The number of esters is 1. The SMILES string of the molecule is CCCCOC(=O)c1cccc(N=O)c1. The molecule has 4 heteroatoms. The number of carbonyl (C=O) groups is 1. The molecule has 0 saturated heterocycles. The van der Waals surface area contributed by atoms with Crippen molar-refractivity contribution in [1.82, 2.24) is 0 Å². The van der Waals surface area contributed by atoms with Gasteiger partial charge in [0.2, 0.25) is 0 Å². The lowest BCUT2D eigenvalue weighted by Gasteiger charge is -2.03. The molecule has 0 aliphatic carbocycles. The van der Waals surface area contributed by atoms with Crippen LogP contribution < -0.4 is 0 Å². The second-order valence-corrected chi connectivity index (χ2v) is 3.13. The Morgan fingerprint density at radius 2 is 2.27 bits per heavy atom. The summed E-state index contributed by atoms with van der Waals surface area (Å²) in [6.07, 6.45) is 1.82. The van der Waals surface area contributed by atoms with E-state index in [1.165, 1.54) is 12.1 Å². The minimum atomic E-state index is -0.408. The molecule has 0 N–H and O–H groups in total. The molecular formula is C11H13NO3. The van der Waals surface area contributed by atoms with Gasteiger partial charge in [0.15, 0.2) is 0 Å². The lowest BCUT2D eigenvalue weighted by Crippen LogP contribution is -2.05. The molecule has 0 amide bonds. The van der Waals surface area contributed by atoms with Crippen LogP contribution in [0.2, 0.25) is 0 Å². The van der Waals surface area contributed by atoms with Crippen LogP contribution in [0.5, 0.6) is 0 Å². The molecule has 0 bridgehead atoms. The third kappa shape index (κ3) is 3.50. The number of carbonyl (C=O) groups excluding carboxylic acids is 1. The van der Waals surface area contributed by atoms with Crippen LogP contribution in [0.25, 0.3) is 0 Å². The van der Waals surface area contributed by atoms with Crippen molar-refractivity contribution in [3.05, 3.63) is 34.7 Å². The third-order valence-electron chi connectivity index (χ3n) is 1.92. The number of hydrogen-bond donors (Lipinski definition) is 0. The normalized spacial score (nSPS) is 9.67. The Hall–Kier alpha value is -1.71. The Bertz CT molecular complexity index is 349. The second kappa shape index (κ2) is 5.90. The summed E-state index contributed by atoms with van der Waals surface area (Å²) in [5.74, 6) is -0.408. The first-order chi connectivity index (χ1) is 7.27. The molecule has 0 saturated carbocycles. The van der Waals surface area contributed by atoms with Crippen LogP contribution in [0.3, 0.4) is 0 Å². The Balaban J connectivity index is 2.61. The topological polar surface area (TPSA) is 55.7 Å². The van der Waals surface area contributed by atoms with Gasteiger partial charge in [0, 0.05) is 0 Å². The van der Waals surface area contributed by atoms with E-state index in [9.17, 15) is 9.70 Å². The first-order valence-electron chi connectivity index (χ1n) is 4.88. The maximum Gasteiger partial charge on any atom is 0.338 e. The highest BCUT2D eigenvalue weighted by Crippen LogP contribution is 2.14. The highest BCUT2D eigenvalue weighted by Gasteiger charge is 2.07. The lowest BCUT2D eigenvalue weighted by molar-refractivity contribution is 0.0500. The van der Waals surface area contributed by atoms with E-state index in [4.69, 9.17) is 4.74 Å². The maximum absolute atomic E-state index is 11.4. The summed E-state index contributed by atoms with van der Waals surface area (Å²) >= 11 is 0. The van der Waals surface area contributed by atoms with E-state index in [0.29, 0.717) is 12.2 Å². The van der Waals surface area contributed by atoms with E-state index < -0.39 is 5.97 Å². The quantitative estimate of drug-likeness (QED) is 0.423. The molecule has 80 valence electrons. The fourth-order valence-corrected chi connectivity index (χ4v) is 1.08. The van der Waals surface area contributed by atoms with Crippen molar-refractivity contribution in [1.29, 1.82) is 0 Å². The van der Waals surface area contributed by atoms with Gasteiger partial charge in [-0.05, 0) is 29.8 Å². The highest BCUT2D eigenvalue weighted by atomic mass is 16.5. The van der Waals surface area contributed by atoms with Crippen molar-refractivity contribution in [2.45, 2.75) is 19.8 Å². The molecular weight excluding hydrogens is 194 g/mol. The first-order valence-corrected chi connectivity index (χ1v) is 4.88. The zero-order chi connectivity index (χ0) is 11.1. The van der Waals surface area contributed by atoms with E-state index in [1.54, 1.807) is 12.1 Å². The van der Waals surface area contributed by atoms with Gasteiger partial charge in [0.1, 0.15) is 5.69 Å². The number of rotatable bonds is 5. The fourth-order valence-electron chi connectivity index (χ4n) is 1.08. The van der Waals surface area contributed by atoms with Crippen LogP contribution in [-0.2, 0) is 4.74 Å². The van der Waals surface area contributed by atoms with Gasteiger partial charge in [0.05, 0.1) is 12.2 Å². The number of nitroso groups, excluding NO2 is 1. The molecule has 0 spiro atoms. The molecule has 0 fully saturated rings. The maximum atomic E-state index is 11.4. The van der Waals surface area contributed by atoms with Gasteiger partial charge in [-0.1, -0.05) is 19.4 Å². The molecule has 1 rings (SSSR count). The zero-order valence-electron chi connectivity index (χ0n) is 8.60. The average molecular weight is 207 g/mol. The molecule has 4 nitrogen and oxygen atoms in total. The molecule has 0 aromatic heterocycles. The number of hydrogen-bond acceptors (Lipinski definition) is 4. The predicted octanol–water partition coefficient (Wildman–Crippen LogP) is 3.04. The average Bonchev–Trinajstić information content (AvgIpc) is 2.29. The Kier molecular flexibility index (Phi) is 4.47. The number of benzene rings is 1. The summed E-state index contributed by atoms with van der Waals surface area (Å²) in [7, 11) is 0. The predicted molar refractivity (Wildman–Crippen MR) is 57.1 cm³/mol. The smallest absolute Gasteiger partial charge is 0.338 e. The van der Waals surface area contributed by atoms with Crippen LogP contribution in [0.15, 0.2) is 29.4 Å². The molecule has 0 aliphatic rings. The van der Waals surface area contributed by atoms with Crippen molar-refractivity contribution >= 4 is 11.7 Å². The second-order valence-electron chi connectivity index (χ2n) is 3.13. The van der Waals surface area contributed by atoms with Crippen LogP contribution in [0.1, 0.15) is 30.1 Å². The summed E-state index contributed by atoms with van der Waals surface area (Å²) in [4.78, 5) is 21.7. The summed E-state index contributed by atoms with van der Waals surface area (Å²) in [6.45, 7) is 2.43. The number of ether oxygens (including phenoxy) is 1. The van der Waals surface area contributed by atoms with Crippen molar-refractivity contribution in [2.24, 2.45) is 5.18 Å². The summed E-state index contributed by atoms with van der Waals surface area (Å²) < 4.78 is 4.99. The van der Waals surface area contributed by atoms with Gasteiger partial charge in [-0.15, -0.1) is 4.91 Å². The third-order valence-corrected chi connectivity index (χ3v) is 1.92. The van der Waals surface area contributed by atoms with Gasteiger partial charge in [-0.25, -0.2) is 4.79 Å². The van der Waals surface area contributed by atoms with Gasteiger partial charge in [-0.2, -0.15) is 0 Å². The van der Waals surface area contributed by atoms with E-state index >= 15 is 0 Å². The van der Waals surface area contributed by atoms with E-state index in [1.807, 2.05) is 6.92 Å². The fraction of sp³-hybridized carbons (Fsp3) is 0.364. The molecule has 0 radical (unpaired) electrons. The highest BCUT2D eigenvalue weighted by molar-refractivity contribution is 5.90. The summed E-state index contributed by atoms with van der Waals surface area (Å²) in [6, 6.07) is 6.16. The molecule has 0 unspecified atom stereocenters. The molecule has 1 aromatic carbocycles. The van der Waals surface area contributed by atoms with Crippen LogP contribution in [-0.4, -0.2) is 12.6 Å². The molecule has 0 heterocycles. The summed E-state index contributed by atoms with van der Waals surface area (Å²) in [5.41, 5.74) is 0.600. The first kappa shape index (κ1) is 11.4. The molecule has 0 atom stereocenters. The number of nitrogens with zero attached hydrogens (tertiary/aromatic N) is 1. The Morgan fingerprint density at radius 3 is 2.93 bits per heavy atom. The molecule has 15 heavy (non-hydrogen) atoms. The largest absolute Gasteiger partial charge is 0.462 e. The minimum absolute atomic E-state index is 0.236. The molecule has 1 aromatic rings. The van der Waals surface area contributed by atoms with Crippen LogP contribution >= 0.6 is 0 Å². The number of unbranched alkanes of at least 4 members (excludes halogenated alkanes) is 1. The Morgan fingerprint density at radius 1 is 1.47 bits per heavy atom. The minimum Gasteiger partial charge on any atom is -0.462 e. The monoisotopic (exact) mass is 207 g/mol. The van der Waals surface area contributed by atoms with Crippen molar-refractivity contribution in [3.8, 4) is 0 Å². The standard InChI is InChI=1S/C11H13NO3/c1-2-3-7-15-11(13)9-5-4-6-10(8-9)12-14/h4-6,8H,2-3,7H2,1H3. The van der Waals surface area contributed by atoms with Gasteiger partial charge in [0.25, 0.3) is 0 Å². The summed E-state index contributed by atoms with van der Waals surface area (Å²) in [5, 5.41) is 2.75. The van der Waals surface area contributed by atoms with Crippen LogP contribution in [0.4, 0.5) is 5.69 Å². The van der Waals surface area contributed by atoms with Gasteiger partial charge in [-0.3, -0.25) is 0 Å². The van der Waals surface area contributed by atoms with E-state index in [2.05, 4.69) is 5.18 Å². The van der Waals surface area contributed by atoms with Crippen molar-refractivity contribution in [3.63, 3.8) is 0 Å². The van der Waals surface area contributed by atoms with Crippen molar-refractivity contribution < 1.29 is 9.53 Å². The zero-order valence-corrected chi connectivity index (χ0v) is 8.60.